The van der Waals surface area contributed by atoms with Crippen LogP contribution in [0.4, 0.5) is 0 Å². The van der Waals surface area contributed by atoms with Gasteiger partial charge in [0.15, 0.2) is 5.69 Å². The van der Waals surface area contributed by atoms with E-state index >= 15 is 0 Å². The summed E-state index contributed by atoms with van der Waals surface area (Å²) in [4.78, 5) is 21.5. The van der Waals surface area contributed by atoms with Gasteiger partial charge >= 0.3 is 0 Å². The smallest absolute Gasteiger partial charge is 0.275 e. The van der Waals surface area contributed by atoms with E-state index < -0.39 is 0 Å². The average molecular weight is 335 g/mol. The van der Waals surface area contributed by atoms with Crippen LogP contribution in [0.2, 0.25) is 0 Å². The summed E-state index contributed by atoms with van der Waals surface area (Å²) >= 11 is 0. The minimum absolute atomic E-state index is 0.199. The van der Waals surface area contributed by atoms with Gasteiger partial charge in [0.25, 0.3) is 5.91 Å². The van der Waals surface area contributed by atoms with Crippen molar-refractivity contribution in [2.45, 2.75) is 27.3 Å². The average Bonchev–Trinajstić information content (AvgIpc) is 2.61. The highest BCUT2D eigenvalue weighted by atomic mass is 16.5. The monoisotopic (exact) mass is 335 g/mol. The summed E-state index contributed by atoms with van der Waals surface area (Å²) in [5, 5.41) is 2.88. The number of carbonyl (C=O) groups is 1. The molecule has 3 aromatic rings. The number of benzene rings is 2. The molecule has 0 fully saturated rings. The van der Waals surface area contributed by atoms with Crippen molar-refractivity contribution in [3.05, 3.63) is 64.3 Å². The van der Waals surface area contributed by atoms with Gasteiger partial charge in [-0.15, -0.1) is 0 Å². The lowest BCUT2D eigenvalue weighted by Gasteiger charge is -2.10. The van der Waals surface area contributed by atoms with Crippen molar-refractivity contribution < 1.29 is 9.53 Å². The number of fused-ring (bicyclic) bond motifs is 1. The Labute approximate surface area is 147 Å². The van der Waals surface area contributed by atoms with E-state index in [1.165, 1.54) is 12.7 Å². The summed E-state index contributed by atoms with van der Waals surface area (Å²) in [5.74, 6) is -0.0674. The second-order valence-electron chi connectivity index (χ2n) is 6.17. The van der Waals surface area contributed by atoms with Crippen molar-refractivity contribution in [1.29, 1.82) is 0 Å². The maximum absolute atomic E-state index is 12.6. The van der Waals surface area contributed by atoms with Crippen LogP contribution in [-0.2, 0) is 6.54 Å². The first-order chi connectivity index (χ1) is 12.0. The summed E-state index contributed by atoms with van der Waals surface area (Å²) in [7, 11) is 1.49. The Morgan fingerprint density at radius 2 is 1.60 bits per heavy atom. The minimum Gasteiger partial charge on any atom is -0.479 e. The molecule has 0 bridgehead atoms. The van der Waals surface area contributed by atoms with Gasteiger partial charge in [0.2, 0.25) is 5.88 Å². The lowest BCUT2D eigenvalue weighted by Crippen LogP contribution is -2.25. The zero-order chi connectivity index (χ0) is 18.0. The molecule has 5 heteroatoms. The second-order valence-corrected chi connectivity index (χ2v) is 6.17. The fourth-order valence-electron chi connectivity index (χ4n) is 2.56. The molecule has 3 rings (SSSR count). The summed E-state index contributed by atoms with van der Waals surface area (Å²) in [5.41, 5.74) is 6.05. The lowest BCUT2D eigenvalue weighted by atomic mass is 10.1. The predicted octanol–water partition coefficient (Wildman–Crippen LogP) is 3.49. The van der Waals surface area contributed by atoms with Crippen LogP contribution in [0, 0.1) is 20.8 Å². The lowest BCUT2D eigenvalue weighted by molar-refractivity contribution is 0.0942. The first kappa shape index (κ1) is 16.9. The normalized spacial score (nSPS) is 10.7. The Morgan fingerprint density at radius 3 is 2.20 bits per heavy atom. The van der Waals surface area contributed by atoms with Crippen LogP contribution in [0.3, 0.4) is 0 Å². The maximum atomic E-state index is 12.6. The molecule has 0 atom stereocenters. The summed E-state index contributed by atoms with van der Waals surface area (Å²) in [6.45, 7) is 6.49. The second kappa shape index (κ2) is 6.89. The molecule has 25 heavy (non-hydrogen) atoms. The van der Waals surface area contributed by atoms with Crippen molar-refractivity contribution in [2.24, 2.45) is 0 Å². The van der Waals surface area contributed by atoms with Gasteiger partial charge in [0.1, 0.15) is 0 Å². The molecule has 0 saturated carbocycles. The van der Waals surface area contributed by atoms with E-state index in [1.54, 1.807) is 0 Å². The molecule has 1 N–H and O–H groups in total. The third-order valence-electron chi connectivity index (χ3n) is 4.23. The van der Waals surface area contributed by atoms with Crippen LogP contribution >= 0.6 is 0 Å². The molecule has 0 radical (unpaired) electrons. The third-order valence-corrected chi connectivity index (χ3v) is 4.23. The zero-order valence-corrected chi connectivity index (χ0v) is 14.9. The predicted molar refractivity (Wildman–Crippen MR) is 97.9 cm³/mol. The molecule has 0 unspecified atom stereocenters. The molecular formula is C20H21N3O2. The Bertz CT molecular complexity index is 934. The molecule has 1 amide bonds. The van der Waals surface area contributed by atoms with Crippen molar-refractivity contribution in [1.82, 2.24) is 15.3 Å². The van der Waals surface area contributed by atoms with E-state index in [0.717, 1.165) is 22.2 Å². The molecule has 0 aliphatic carbocycles. The van der Waals surface area contributed by atoms with Gasteiger partial charge in [0.05, 0.1) is 18.1 Å². The van der Waals surface area contributed by atoms with E-state index in [2.05, 4.69) is 15.3 Å². The van der Waals surface area contributed by atoms with Crippen molar-refractivity contribution in [2.75, 3.05) is 7.11 Å². The molecule has 0 aliphatic rings. The number of ether oxygens (including phenoxy) is 1. The minimum atomic E-state index is -0.301. The van der Waals surface area contributed by atoms with Gasteiger partial charge in [-0.3, -0.25) is 4.79 Å². The van der Waals surface area contributed by atoms with Crippen LogP contribution in [0.15, 0.2) is 36.4 Å². The maximum Gasteiger partial charge on any atom is 0.275 e. The highest BCUT2D eigenvalue weighted by Crippen LogP contribution is 2.22. The van der Waals surface area contributed by atoms with Crippen LogP contribution in [0.25, 0.3) is 11.0 Å². The Morgan fingerprint density at radius 1 is 1.00 bits per heavy atom. The fraction of sp³-hybridized carbons (Fsp3) is 0.250. The number of methoxy groups -OCH3 is 1. The van der Waals surface area contributed by atoms with Crippen molar-refractivity contribution in [3.63, 3.8) is 0 Å². The molecule has 5 nitrogen and oxygen atoms in total. The van der Waals surface area contributed by atoms with Gasteiger partial charge in [-0.2, -0.15) is 0 Å². The van der Waals surface area contributed by atoms with Gasteiger partial charge in [0, 0.05) is 6.54 Å². The number of rotatable bonds is 4. The highest BCUT2D eigenvalue weighted by molar-refractivity contribution is 5.96. The molecule has 0 saturated heterocycles. The van der Waals surface area contributed by atoms with E-state index in [4.69, 9.17) is 4.74 Å². The SMILES string of the molecule is COc1nc2cc(C)c(C)cc2nc1C(=O)NCc1ccc(C)cc1. The highest BCUT2D eigenvalue weighted by Gasteiger charge is 2.17. The molecular weight excluding hydrogens is 314 g/mol. The Kier molecular flexibility index (Phi) is 4.65. The topological polar surface area (TPSA) is 64.1 Å². The summed E-state index contributed by atoms with van der Waals surface area (Å²) < 4.78 is 5.28. The summed E-state index contributed by atoms with van der Waals surface area (Å²) in [6.07, 6.45) is 0. The third kappa shape index (κ3) is 3.60. The number of carbonyl (C=O) groups excluding carboxylic acids is 1. The number of aromatic nitrogens is 2. The first-order valence-electron chi connectivity index (χ1n) is 8.14. The van der Waals surface area contributed by atoms with Gasteiger partial charge in [-0.05, 0) is 49.6 Å². The largest absolute Gasteiger partial charge is 0.479 e. The van der Waals surface area contributed by atoms with Crippen LogP contribution in [0.1, 0.15) is 32.7 Å². The first-order valence-corrected chi connectivity index (χ1v) is 8.14. The van der Waals surface area contributed by atoms with Crippen LogP contribution in [0.5, 0.6) is 5.88 Å². The Balaban J connectivity index is 1.89. The Hall–Kier alpha value is -2.95. The quantitative estimate of drug-likeness (QED) is 0.793. The number of hydrogen-bond donors (Lipinski definition) is 1. The molecule has 1 aromatic heterocycles. The van der Waals surface area contributed by atoms with Crippen molar-refractivity contribution >= 4 is 16.9 Å². The van der Waals surface area contributed by atoms with Gasteiger partial charge in [-0.1, -0.05) is 29.8 Å². The zero-order valence-electron chi connectivity index (χ0n) is 14.9. The van der Waals surface area contributed by atoms with Crippen LogP contribution in [-0.4, -0.2) is 23.0 Å². The van der Waals surface area contributed by atoms with Crippen molar-refractivity contribution in [3.8, 4) is 5.88 Å². The van der Waals surface area contributed by atoms with E-state index in [-0.39, 0.29) is 17.5 Å². The van der Waals surface area contributed by atoms with E-state index in [1.807, 2.05) is 57.2 Å². The number of aryl methyl sites for hydroxylation is 3. The van der Waals surface area contributed by atoms with Gasteiger partial charge < -0.3 is 10.1 Å². The van der Waals surface area contributed by atoms with E-state index in [0.29, 0.717) is 12.1 Å². The molecule has 0 spiro atoms. The molecule has 2 aromatic carbocycles. The fourth-order valence-corrected chi connectivity index (χ4v) is 2.56. The number of nitrogens with one attached hydrogen (secondary N) is 1. The summed E-state index contributed by atoms with van der Waals surface area (Å²) in [6, 6.07) is 11.9. The molecule has 0 aliphatic heterocycles. The number of amides is 1. The standard InChI is InChI=1S/C20H21N3O2/c1-12-5-7-15(8-6-12)11-21-19(24)18-20(25-4)23-17-10-14(3)13(2)9-16(17)22-18/h5-10H,11H2,1-4H3,(H,21,24). The van der Waals surface area contributed by atoms with E-state index in [9.17, 15) is 4.79 Å². The molecule has 1 heterocycles. The molecule has 128 valence electrons. The number of hydrogen-bond acceptors (Lipinski definition) is 4. The van der Waals surface area contributed by atoms with Crippen LogP contribution < -0.4 is 10.1 Å². The number of nitrogens with zero attached hydrogens (tertiary/aromatic N) is 2. The van der Waals surface area contributed by atoms with Gasteiger partial charge in [-0.25, -0.2) is 9.97 Å².